The molecule has 94 valence electrons. The van der Waals surface area contributed by atoms with Crippen LogP contribution in [0.3, 0.4) is 0 Å². The van der Waals surface area contributed by atoms with Crippen molar-refractivity contribution in [1.29, 1.82) is 0 Å². The quantitative estimate of drug-likeness (QED) is 0.874. The van der Waals surface area contributed by atoms with E-state index in [1.54, 1.807) is 0 Å². The van der Waals surface area contributed by atoms with E-state index in [4.69, 9.17) is 9.72 Å². The van der Waals surface area contributed by atoms with E-state index in [0.717, 1.165) is 43.4 Å². The van der Waals surface area contributed by atoms with E-state index >= 15 is 0 Å². The lowest BCUT2D eigenvalue weighted by molar-refractivity contribution is 0.0835. The van der Waals surface area contributed by atoms with Gasteiger partial charge in [0.05, 0.1) is 0 Å². The summed E-state index contributed by atoms with van der Waals surface area (Å²) in [7, 11) is 1.90. The van der Waals surface area contributed by atoms with Crippen molar-refractivity contribution in [3.05, 3.63) is 17.6 Å². The van der Waals surface area contributed by atoms with Crippen LogP contribution in [0.4, 0.5) is 5.82 Å². The monoisotopic (exact) mass is 235 g/mol. The maximum Gasteiger partial charge on any atom is 0.134 e. The highest BCUT2D eigenvalue weighted by Crippen LogP contribution is 2.26. The Morgan fingerprint density at radius 2 is 2.00 bits per heavy atom. The fourth-order valence-electron chi connectivity index (χ4n) is 2.05. The third-order valence-corrected chi connectivity index (χ3v) is 3.20. The van der Waals surface area contributed by atoms with Crippen LogP contribution in [-0.2, 0) is 4.74 Å². The Morgan fingerprint density at radius 1 is 1.29 bits per heavy atom. The van der Waals surface area contributed by atoms with Gasteiger partial charge in [-0.05, 0) is 18.8 Å². The Bertz CT molecular complexity index is 373. The lowest BCUT2D eigenvalue weighted by Gasteiger charge is -2.22. The van der Waals surface area contributed by atoms with Crippen molar-refractivity contribution in [2.75, 3.05) is 25.6 Å². The summed E-state index contributed by atoms with van der Waals surface area (Å²) in [5.41, 5.74) is 1.12. The van der Waals surface area contributed by atoms with Crippen molar-refractivity contribution in [3.8, 4) is 0 Å². The number of ether oxygens (including phenoxy) is 1. The molecule has 1 N–H and O–H groups in total. The van der Waals surface area contributed by atoms with Crippen LogP contribution < -0.4 is 5.32 Å². The van der Waals surface area contributed by atoms with E-state index in [1.807, 2.05) is 13.1 Å². The molecule has 0 bridgehead atoms. The molecule has 0 atom stereocenters. The number of aromatic nitrogens is 2. The van der Waals surface area contributed by atoms with Crippen molar-refractivity contribution >= 4 is 5.82 Å². The first-order valence-electron chi connectivity index (χ1n) is 6.35. The van der Waals surface area contributed by atoms with Crippen LogP contribution >= 0.6 is 0 Å². The minimum absolute atomic E-state index is 0.434. The van der Waals surface area contributed by atoms with Gasteiger partial charge in [-0.2, -0.15) is 0 Å². The molecule has 0 spiro atoms. The zero-order valence-corrected chi connectivity index (χ0v) is 10.9. The average molecular weight is 235 g/mol. The van der Waals surface area contributed by atoms with E-state index in [1.165, 1.54) is 0 Å². The normalized spacial score (nSPS) is 17.4. The van der Waals surface area contributed by atoms with E-state index < -0.39 is 0 Å². The highest BCUT2D eigenvalue weighted by Gasteiger charge is 2.20. The lowest BCUT2D eigenvalue weighted by atomic mass is 9.99. The minimum atomic E-state index is 0.434. The summed E-state index contributed by atoms with van der Waals surface area (Å²) in [6.45, 7) is 5.98. The minimum Gasteiger partial charge on any atom is -0.381 e. The van der Waals surface area contributed by atoms with Gasteiger partial charge in [0.25, 0.3) is 0 Å². The molecule has 1 fully saturated rings. The molecule has 1 aromatic rings. The summed E-state index contributed by atoms with van der Waals surface area (Å²) in [4.78, 5) is 9.28. The molecule has 0 radical (unpaired) electrons. The van der Waals surface area contributed by atoms with E-state index in [-0.39, 0.29) is 0 Å². The summed E-state index contributed by atoms with van der Waals surface area (Å²) in [6, 6.07) is 2.04. The Hall–Kier alpha value is -1.16. The molecule has 1 aliphatic heterocycles. The molecule has 1 saturated heterocycles. The summed E-state index contributed by atoms with van der Waals surface area (Å²) in [6.07, 6.45) is 2.06. The maximum absolute atomic E-state index is 5.38. The zero-order valence-electron chi connectivity index (χ0n) is 10.9. The topological polar surface area (TPSA) is 47.0 Å². The fraction of sp³-hybridized carbons (Fsp3) is 0.692. The number of hydrogen-bond acceptors (Lipinski definition) is 4. The Morgan fingerprint density at radius 3 is 2.59 bits per heavy atom. The summed E-state index contributed by atoms with van der Waals surface area (Å²) in [5.74, 6) is 2.78. The van der Waals surface area contributed by atoms with E-state index in [2.05, 4.69) is 24.1 Å². The number of anilines is 1. The predicted molar refractivity (Wildman–Crippen MR) is 68.5 cm³/mol. The molecular formula is C13H21N3O. The molecule has 0 aromatic carbocycles. The number of rotatable bonds is 3. The number of nitrogens with one attached hydrogen (secondary N) is 1. The summed E-state index contributed by atoms with van der Waals surface area (Å²) in [5, 5.41) is 3.12. The van der Waals surface area contributed by atoms with Gasteiger partial charge in [0.15, 0.2) is 0 Å². The van der Waals surface area contributed by atoms with Crippen molar-refractivity contribution in [1.82, 2.24) is 9.97 Å². The fourth-order valence-corrected chi connectivity index (χ4v) is 2.05. The van der Waals surface area contributed by atoms with Gasteiger partial charge in [0.1, 0.15) is 11.6 Å². The molecule has 4 nitrogen and oxygen atoms in total. The Labute approximate surface area is 103 Å². The largest absolute Gasteiger partial charge is 0.381 e. The average Bonchev–Trinajstić information content (AvgIpc) is 2.39. The van der Waals surface area contributed by atoms with Crippen molar-refractivity contribution in [2.45, 2.75) is 38.5 Å². The molecular weight excluding hydrogens is 214 g/mol. The number of nitrogens with zero attached hydrogens (tertiary/aromatic N) is 2. The zero-order chi connectivity index (χ0) is 12.3. The molecule has 0 unspecified atom stereocenters. The molecule has 1 aromatic heterocycles. The van der Waals surface area contributed by atoms with Crippen LogP contribution in [-0.4, -0.2) is 30.2 Å². The summed E-state index contributed by atoms with van der Waals surface area (Å²) >= 11 is 0. The van der Waals surface area contributed by atoms with Gasteiger partial charge in [-0.25, -0.2) is 9.97 Å². The first kappa shape index (κ1) is 12.3. The standard InChI is InChI=1S/C13H21N3O/c1-9(2)11-8-12(14-3)16-13(15-11)10-4-6-17-7-5-10/h8-10H,4-7H2,1-3H3,(H,14,15,16). The third kappa shape index (κ3) is 2.94. The van der Waals surface area contributed by atoms with Crippen LogP contribution in [0.1, 0.15) is 50.0 Å². The predicted octanol–water partition coefficient (Wildman–Crippen LogP) is 2.54. The van der Waals surface area contributed by atoms with Gasteiger partial charge in [-0.1, -0.05) is 13.8 Å². The SMILES string of the molecule is CNc1cc(C(C)C)nc(C2CCOCC2)n1. The van der Waals surface area contributed by atoms with Gasteiger partial charge in [-0.15, -0.1) is 0 Å². The second-order valence-corrected chi connectivity index (χ2v) is 4.83. The van der Waals surface area contributed by atoms with Gasteiger partial charge < -0.3 is 10.1 Å². The molecule has 0 amide bonds. The second-order valence-electron chi connectivity index (χ2n) is 4.83. The first-order valence-corrected chi connectivity index (χ1v) is 6.35. The molecule has 17 heavy (non-hydrogen) atoms. The molecule has 0 aliphatic carbocycles. The van der Waals surface area contributed by atoms with Crippen molar-refractivity contribution in [3.63, 3.8) is 0 Å². The highest BCUT2D eigenvalue weighted by atomic mass is 16.5. The third-order valence-electron chi connectivity index (χ3n) is 3.20. The van der Waals surface area contributed by atoms with Crippen LogP contribution in [0.2, 0.25) is 0 Å². The molecule has 0 saturated carbocycles. The van der Waals surface area contributed by atoms with Crippen LogP contribution in [0.15, 0.2) is 6.07 Å². The lowest BCUT2D eigenvalue weighted by Crippen LogP contribution is -2.17. The molecule has 2 heterocycles. The van der Waals surface area contributed by atoms with E-state index in [9.17, 15) is 0 Å². The first-order chi connectivity index (χ1) is 8.20. The smallest absolute Gasteiger partial charge is 0.134 e. The van der Waals surface area contributed by atoms with Crippen LogP contribution in [0, 0.1) is 0 Å². The van der Waals surface area contributed by atoms with Gasteiger partial charge in [0, 0.05) is 37.9 Å². The Balaban J connectivity index is 2.28. The van der Waals surface area contributed by atoms with Crippen LogP contribution in [0.25, 0.3) is 0 Å². The van der Waals surface area contributed by atoms with Gasteiger partial charge in [-0.3, -0.25) is 0 Å². The van der Waals surface area contributed by atoms with E-state index in [0.29, 0.717) is 11.8 Å². The molecule has 4 heteroatoms. The summed E-state index contributed by atoms with van der Waals surface area (Å²) < 4.78 is 5.38. The van der Waals surface area contributed by atoms with Crippen molar-refractivity contribution in [2.24, 2.45) is 0 Å². The number of hydrogen-bond donors (Lipinski definition) is 1. The van der Waals surface area contributed by atoms with Gasteiger partial charge in [0.2, 0.25) is 0 Å². The molecule has 1 aliphatic rings. The molecule has 2 rings (SSSR count). The van der Waals surface area contributed by atoms with Gasteiger partial charge >= 0.3 is 0 Å². The highest BCUT2D eigenvalue weighted by molar-refractivity contribution is 5.36. The van der Waals surface area contributed by atoms with Crippen LogP contribution in [0.5, 0.6) is 0 Å². The second kappa shape index (κ2) is 5.45. The van der Waals surface area contributed by atoms with Crippen molar-refractivity contribution < 1.29 is 4.74 Å². The maximum atomic E-state index is 5.38. The Kier molecular flexibility index (Phi) is 3.94.